The molecule has 0 amide bonds. The van der Waals surface area contributed by atoms with Crippen molar-refractivity contribution in [3.63, 3.8) is 0 Å². The second-order valence-electron chi connectivity index (χ2n) is 4.79. The quantitative estimate of drug-likeness (QED) is 0.576. The van der Waals surface area contributed by atoms with Gasteiger partial charge in [-0.1, -0.05) is 29.3 Å². The fourth-order valence-electron chi connectivity index (χ4n) is 1.89. The van der Waals surface area contributed by atoms with E-state index >= 15 is 0 Å². The van der Waals surface area contributed by atoms with Crippen LogP contribution in [0.3, 0.4) is 0 Å². The lowest BCUT2D eigenvalue weighted by atomic mass is 10.2. The van der Waals surface area contributed by atoms with Crippen LogP contribution in [0.5, 0.6) is 0 Å². The molecule has 2 aromatic heterocycles. The van der Waals surface area contributed by atoms with Crippen LogP contribution in [0.1, 0.15) is 11.3 Å². The van der Waals surface area contributed by atoms with E-state index in [-0.39, 0.29) is 4.90 Å². The topological polar surface area (TPSA) is 88.7 Å². The third-order valence-corrected chi connectivity index (χ3v) is 4.50. The average Bonchev–Trinajstić information content (AvgIpc) is 2.90. The van der Waals surface area contributed by atoms with E-state index in [4.69, 9.17) is 11.6 Å². The van der Waals surface area contributed by atoms with Gasteiger partial charge in [0.25, 0.3) is 10.0 Å². The number of aryl methyl sites for hydroxylation is 1. The lowest BCUT2D eigenvalue weighted by Crippen LogP contribution is -2.18. The first kappa shape index (κ1) is 15.4. The fraction of sp³-hybridized carbons (Fsp3) is 0.0714. The van der Waals surface area contributed by atoms with Gasteiger partial charge in [-0.05, 0) is 19.1 Å². The highest BCUT2D eigenvalue weighted by Gasteiger charge is 2.12. The van der Waals surface area contributed by atoms with Crippen molar-refractivity contribution in [2.24, 2.45) is 5.10 Å². The first-order valence-corrected chi connectivity index (χ1v) is 8.43. The number of halogens is 1. The van der Waals surface area contributed by atoms with E-state index < -0.39 is 10.0 Å². The van der Waals surface area contributed by atoms with Crippen molar-refractivity contribution in [1.82, 2.24) is 19.4 Å². The van der Waals surface area contributed by atoms with Crippen LogP contribution in [0.25, 0.3) is 5.65 Å². The third-order valence-electron chi connectivity index (χ3n) is 3.06. The summed E-state index contributed by atoms with van der Waals surface area (Å²) < 4.78 is 25.7. The summed E-state index contributed by atoms with van der Waals surface area (Å²) in [5.41, 5.74) is 2.03. The Labute approximate surface area is 137 Å². The first-order chi connectivity index (χ1) is 11.0. The second-order valence-corrected chi connectivity index (χ2v) is 6.89. The van der Waals surface area contributed by atoms with Crippen molar-refractivity contribution >= 4 is 33.5 Å². The molecule has 0 saturated heterocycles. The number of rotatable bonds is 4. The van der Waals surface area contributed by atoms with Gasteiger partial charge in [-0.3, -0.25) is 0 Å². The number of imidazole rings is 1. The summed E-state index contributed by atoms with van der Waals surface area (Å²) in [6.07, 6.45) is 4.30. The molecule has 118 valence electrons. The number of hydrazone groups is 1. The van der Waals surface area contributed by atoms with Crippen molar-refractivity contribution in [3.05, 3.63) is 59.0 Å². The molecule has 0 aliphatic carbocycles. The van der Waals surface area contributed by atoms with Crippen LogP contribution in [0.4, 0.5) is 0 Å². The summed E-state index contributed by atoms with van der Waals surface area (Å²) in [6, 6.07) is 8.12. The number of nitrogens with zero attached hydrogens (tertiary/aromatic N) is 4. The molecule has 3 aromatic rings. The highest BCUT2D eigenvalue weighted by atomic mass is 35.5. The summed E-state index contributed by atoms with van der Waals surface area (Å²) in [7, 11) is -3.71. The van der Waals surface area contributed by atoms with E-state index in [9.17, 15) is 8.42 Å². The van der Waals surface area contributed by atoms with E-state index in [1.165, 1.54) is 35.3 Å². The smallest absolute Gasteiger partial charge is 0.235 e. The standard InChI is InChI=1S/C14H12ClN5O2S/c1-10-2-4-13(5-3-10)23(21,22)19-17-9-12-8-16-14-6-11(15)7-18-20(12)14/h2-9,19H,1H3. The largest absolute Gasteiger partial charge is 0.276 e. The molecule has 0 spiro atoms. The molecule has 0 bridgehead atoms. The molecule has 0 aliphatic rings. The Kier molecular flexibility index (Phi) is 4.01. The SMILES string of the molecule is Cc1ccc(S(=O)(=O)NN=Cc2cnc3cc(Cl)cnn23)cc1. The summed E-state index contributed by atoms with van der Waals surface area (Å²) in [4.78, 5) is 6.41. The second kappa shape index (κ2) is 5.98. The predicted octanol–water partition coefficient (Wildman–Crippen LogP) is 2.00. The molecule has 3 rings (SSSR count). The van der Waals surface area contributed by atoms with Gasteiger partial charge < -0.3 is 0 Å². The number of benzene rings is 1. The van der Waals surface area contributed by atoms with Crippen LogP contribution in [-0.2, 0) is 10.0 Å². The Balaban J connectivity index is 1.81. The maximum absolute atomic E-state index is 12.1. The molecule has 0 unspecified atom stereocenters. The number of hydrogen-bond donors (Lipinski definition) is 1. The van der Waals surface area contributed by atoms with Gasteiger partial charge in [0.15, 0.2) is 5.65 Å². The molecule has 1 N–H and O–H groups in total. The van der Waals surface area contributed by atoms with Crippen LogP contribution in [-0.4, -0.2) is 29.2 Å². The minimum Gasteiger partial charge on any atom is -0.235 e. The lowest BCUT2D eigenvalue weighted by Gasteiger charge is -2.03. The summed E-state index contributed by atoms with van der Waals surface area (Å²) in [5.74, 6) is 0. The molecule has 1 aromatic carbocycles. The average molecular weight is 350 g/mol. The van der Waals surface area contributed by atoms with Gasteiger partial charge in [-0.25, -0.2) is 14.3 Å². The third kappa shape index (κ3) is 3.33. The Morgan fingerprint density at radius 1 is 1.26 bits per heavy atom. The van der Waals surface area contributed by atoms with E-state index in [2.05, 4.69) is 20.0 Å². The number of fused-ring (bicyclic) bond motifs is 1. The maximum Gasteiger partial charge on any atom is 0.276 e. The molecule has 7 nitrogen and oxygen atoms in total. The minimum absolute atomic E-state index is 0.142. The zero-order valence-electron chi connectivity index (χ0n) is 12.0. The van der Waals surface area contributed by atoms with Crippen molar-refractivity contribution < 1.29 is 8.42 Å². The van der Waals surface area contributed by atoms with Gasteiger partial charge in [0.1, 0.15) is 5.69 Å². The number of sulfonamides is 1. The Bertz CT molecular complexity index is 980. The fourth-order valence-corrected chi connectivity index (χ4v) is 2.82. The molecule has 9 heteroatoms. The number of nitrogens with one attached hydrogen (secondary N) is 1. The Morgan fingerprint density at radius 2 is 2.00 bits per heavy atom. The normalized spacial score (nSPS) is 12.1. The van der Waals surface area contributed by atoms with E-state index in [1.807, 2.05) is 6.92 Å². The van der Waals surface area contributed by atoms with Gasteiger partial charge in [0, 0.05) is 6.07 Å². The van der Waals surface area contributed by atoms with Gasteiger partial charge in [0.05, 0.1) is 28.5 Å². The zero-order valence-corrected chi connectivity index (χ0v) is 13.6. The molecule has 0 radical (unpaired) electrons. The lowest BCUT2D eigenvalue weighted by molar-refractivity contribution is 0.584. The van der Waals surface area contributed by atoms with E-state index in [0.717, 1.165) is 5.56 Å². The number of aromatic nitrogens is 3. The predicted molar refractivity (Wildman–Crippen MR) is 87.1 cm³/mol. The summed E-state index contributed by atoms with van der Waals surface area (Å²) >= 11 is 5.83. The molecule has 0 saturated carbocycles. The highest BCUT2D eigenvalue weighted by Crippen LogP contribution is 2.11. The van der Waals surface area contributed by atoms with Crippen LogP contribution >= 0.6 is 11.6 Å². The van der Waals surface area contributed by atoms with Gasteiger partial charge in [-0.2, -0.15) is 18.6 Å². The van der Waals surface area contributed by atoms with Crippen LogP contribution in [0.2, 0.25) is 5.02 Å². The van der Waals surface area contributed by atoms with Crippen molar-refractivity contribution in [3.8, 4) is 0 Å². The molecule has 0 aliphatic heterocycles. The van der Waals surface area contributed by atoms with Crippen LogP contribution in [0.15, 0.2) is 52.7 Å². The zero-order chi connectivity index (χ0) is 16.4. The summed E-state index contributed by atoms with van der Waals surface area (Å²) in [5, 5.41) is 8.30. The highest BCUT2D eigenvalue weighted by molar-refractivity contribution is 7.89. The van der Waals surface area contributed by atoms with E-state index in [0.29, 0.717) is 16.4 Å². The Hall–Kier alpha value is -2.45. The maximum atomic E-state index is 12.1. The van der Waals surface area contributed by atoms with Gasteiger partial charge in [0.2, 0.25) is 0 Å². The number of hydrogen-bond acceptors (Lipinski definition) is 5. The van der Waals surface area contributed by atoms with Crippen LogP contribution < -0.4 is 4.83 Å². The monoisotopic (exact) mass is 349 g/mol. The first-order valence-electron chi connectivity index (χ1n) is 6.56. The molecule has 0 atom stereocenters. The Morgan fingerprint density at radius 3 is 2.74 bits per heavy atom. The molecule has 2 heterocycles. The molecular formula is C14H12ClN5O2S. The van der Waals surface area contributed by atoms with Gasteiger partial charge in [-0.15, -0.1) is 0 Å². The molecule has 0 fully saturated rings. The van der Waals surface area contributed by atoms with Crippen molar-refractivity contribution in [2.75, 3.05) is 0 Å². The minimum atomic E-state index is -3.71. The summed E-state index contributed by atoms with van der Waals surface area (Å²) in [6.45, 7) is 1.88. The molecular weight excluding hydrogens is 338 g/mol. The van der Waals surface area contributed by atoms with E-state index in [1.54, 1.807) is 18.2 Å². The van der Waals surface area contributed by atoms with Crippen molar-refractivity contribution in [1.29, 1.82) is 0 Å². The van der Waals surface area contributed by atoms with Gasteiger partial charge >= 0.3 is 0 Å². The van der Waals surface area contributed by atoms with Crippen molar-refractivity contribution in [2.45, 2.75) is 11.8 Å². The van der Waals surface area contributed by atoms with Crippen LogP contribution in [0, 0.1) is 6.92 Å². The molecule has 23 heavy (non-hydrogen) atoms.